The zero-order chi connectivity index (χ0) is 22.5. The van der Waals surface area contributed by atoms with Crippen LogP contribution in [0, 0.1) is 10.1 Å². The average Bonchev–Trinajstić information content (AvgIpc) is 2.57. The van der Waals surface area contributed by atoms with Crippen molar-refractivity contribution in [2.75, 3.05) is 6.61 Å². The van der Waals surface area contributed by atoms with Gasteiger partial charge in [0.2, 0.25) is 0 Å². The summed E-state index contributed by atoms with van der Waals surface area (Å²) in [5.41, 5.74) is -0.716. The molecule has 0 N–H and O–H groups in total. The molecule has 10 nitrogen and oxygen atoms in total. The van der Waals surface area contributed by atoms with Crippen molar-refractivity contribution in [1.82, 2.24) is 0 Å². The van der Waals surface area contributed by atoms with Crippen LogP contribution in [0.4, 0.5) is 10.5 Å². The van der Waals surface area contributed by atoms with Crippen LogP contribution in [0.5, 0.6) is 5.75 Å². The Morgan fingerprint density at radius 3 is 2.33 bits per heavy atom. The monoisotopic (exact) mass is 425 g/mol. The van der Waals surface area contributed by atoms with E-state index in [4.69, 9.17) is 23.7 Å². The molecule has 0 radical (unpaired) electrons. The SMILES string of the molecule is CC(C)(C)OC(=O)CC1CC(COC(=O)Oc2ccc([N+](=O)[O-])cc2)OC(C)(C)O1. The van der Waals surface area contributed by atoms with E-state index >= 15 is 0 Å². The van der Waals surface area contributed by atoms with Crippen LogP contribution in [0.25, 0.3) is 0 Å². The first-order chi connectivity index (χ1) is 13.8. The Hall–Kier alpha value is -2.72. The Labute approximate surface area is 174 Å². The molecule has 1 aromatic carbocycles. The normalized spacial score (nSPS) is 20.8. The van der Waals surface area contributed by atoms with Crippen LogP contribution in [-0.4, -0.2) is 47.3 Å². The summed E-state index contributed by atoms with van der Waals surface area (Å²) in [5.74, 6) is -1.25. The average molecular weight is 425 g/mol. The lowest BCUT2D eigenvalue weighted by Gasteiger charge is -2.40. The second-order valence-electron chi connectivity index (χ2n) is 8.32. The predicted octanol–water partition coefficient (Wildman–Crippen LogP) is 3.75. The first kappa shape index (κ1) is 23.6. The molecule has 1 saturated heterocycles. The standard InChI is InChI=1S/C20H27NO9/c1-19(2,3)30-17(22)11-15-10-16(29-20(4,5)28-15)12-26-18(23)27-14-8-6-13(7-9-14)21(24)25/h6-9,15-16H,10-12H2,1-5H3. The van der Waals surface area contributed by atoms with E-state index in [-0.39, 0.29) is 30.4 Å². The Balaban J connectivity index is 1.86. The number of nitro groups is 1. The fraction of sp³-hybridized carbons (Fsp3) is 0.600. The lowest BCUT2D eigenvalue weighted by molar-refractivity contribution is -0.384. The van der Waals surface area contributed by atoms with Crippen molar-refractivity contribution in [2.45, 2.75) is 71.1 Å². The van der Waals surface area contributed by atoms with Gasteiger partial charge in [-0.2, -0.15) is 0 Å². The minimum Gasteiger partial charge on any atom is -0.460 e. The van der Waals surface area contributed by atoms with E-state index in [9.17, 15) is 19.7 Å². The van der Waals surface area contributed by atoms with Gasteiger partial charge in [-0.1, -0.05) is 0 Å². The summed E-state index contributed by atoms with van der Waals surface area (Å²) < 4.78 is 26.9. The van der Waals surface area contributed by atoms with E-state index in [0.29, 0.717) is 6.42 Å². The maximum Gasteiger partial charge on any atom is 0.513 e. The number of non-ortho nitro benzene ring substituents is 1. The predicted molar refractivity (Wildman–Crippen MR) is 104 cm³/mol. The molecule has 0 amide bonds. The van der Waals surface area contributed by atoms with Crippen molar-refractivity contribution in [3.8, 4) is 5.75 Å². The number of rotatable bonds is 6. The van der Waals surface area contributed by atoms with E-state index in [2.05, 4.69) is 0 Å². The van der Waals surface area contributed by atoms with Crippen molar-refractivity contribution >= 4 is 17.8 Å². The highest BCUT2D eigenvalue weighted by Crippen LogP contribution is 2.29. The number of nitro benzene ring substituents is 1. The molecule has 166 valence electrons. The van der Waals surface area contributed by atoms with E-state index < -0.39 is 34.7 Å². The van der Waals surface area contributed by atoms with Crippen molar-refractivity contribution in [2.24, 2.45) is 0 Å². The highest BCUT2D eigenvalue weighted by Gasteiger charge is 2.37. The minimum atomic E-state index is -0.972. The van der Waals surface area contributed by atoms with Gasteiger partial charge in [0.15, 0.2) is 5.79 Å². The lowest BCUT2D eigenvalue weighted by atomic mass is 10.1. The molecular formula is C20H27NO9. The zero-order valence-corrected chi connectivity index (χ0v) is 17.7. The molecule has 1 heterocycles. The first-order valence-electron chi connectivity index (χ1n) is 9.49. The van der Waals surface area contributed by atoms with Gasteiger partial charge in [-0.3, -0.25) is 14.9 Å². The molecule has 0 spiro atoms. The van der Waals surface area contributed by atoms with Crippen LogP contribution in [0.15, 0.2) is 24.3 Å². The Morgan fingerprint density at radius 2 is 1.77 bits per heavy atom. The molecule has 0 saturated carbocycles. The molecule has 1 fully saturated rings. The van der Waals surface area contributed by atoms with E-state index in [1.54, 1.807) is 34.6 Å². The summed E-state index contributed by atoms with van der Waals surface area (Å²) in [4.78, 5) is 34.1. The smallest absolute Gasteiger partial charge is 0.460 e. The van der Waals surface area contributed by atoms with Crippen molar-refractivity contribution in [3.63, 3.8) is 0 Å². The van der Waals surface area contributed by atoms with Gasteiger partial charge in [0.1, 0.15) is 18.0 Å². The molecule has 2 rings (SSSR count). The van der Waals surface area contributed by atoms with Gasteiger partial charge >= 0.3 is 12.1 Å². The van der Waals surface area contributed by atoms with Gasteiger partial charge in [0.25, 0.3) is 5.69 Å². The number of benzene rings is 1. The summed E-state index contributed by atoms with van der Waals surface area (Å²) in [5, 5.41) is 10.6. The highest BCUT2D eigenvalue weighted by atomic mass is 16.7. The number of hydrogen-bond acceptors (Lipinski definition) is 9. The number of esters is 1. The molecule has 30 heavy (non-hydrogen) atoms. The second-order valence-corrected chi connectivity index (χ2v) is 8.32. The van der Waals surface area contributed by atoms with Crippen LogP contribution < -0.4 is 4.74 Å². The number of carbonyl (C=O) groups excluding carboxylic acids is 2. The minimum absolute atomic E-state index is 0.0494. The van der Waals surface area contributed by atoms with Crippen molar-refractivity contribution < 1.29 is 38.2 Å². The Bertz CT molecular complexity index is 767. The molecule has 1 aliphatic heterocycles. The third kappa shape index (κ3) is 7.96. The number of carbonyl (C=O) groups is 2. The summed E-state index contributed by atoms with van der Waals surface area (Å²) in [7, 11) is 0. The van der Waals surface area contributed by atoms with E-state index in [1.807, 2.05) is 0 Å². The largest absolute Gasteiger partial charge is 0.513 e. The molecule has 10 heteroatoms. The number of nitrogens with zero attached hydrogens (tertiary/aromatic N) is 1. The summed E-state index contributed by atoms with van der Waals surface area (Å²) in [6.45, 7) is 8.66. The molecule has 2 atom stereocenters. The van der Waals surface area contributed by atoms with Gasteiger partial charge in [-0.05, 0) is 46.8 Å². The molecule has 2 unspecified atom stereocenters. The van der Waals surface area contributed by atoms with Gasteiger partial charge < -0.3 is 23.7 Å². The van der Waals surface area contributed by atoms with Crippen molar-refractivity contribution in [1.29, 1.82) is 0 Å². The second kappa shape index (κ2) is 9.40. The zero-order valence-electron chi connectivity index (χ0n) is 17.7. The summed E-state index contributed by atoms with van der Waals surface area (Å²) >= 11 is 0. The maximum atomic E-state index is 12.1. The maximum absolute atomic E-state index is 12.1. The molecule has 0 bridgehead atoms. The van der Waals surface area contributed by atoms with Crippen LogP contribution in [0.1, 0.15) is 47.5 Å². The Morgan fingerprint density at radius 1 is 1.17 bits per heavy atom. The van der Waals surface area contributed by atoms with E-state index in [1.165, 1.54) is 24.3 Å². The summed E-state index contributed by atoms with van der Waals surface area (Å²) in [6, 6.07) is 5.02. The fourth-order valence-corrected chi connectivity index (χ4v) is 2.94. The quantitative estimate of drug-likeness (QED) is 0.290. The highest BCUT2D eigenvalue weighted by molar-refractivity contribution is 5.70. The Kier molecular flexibility index (Phi) is 7.38. The van der Waals surface area contributed by atoms with Crippen molar-refractivity contribution in [3.05, 3.63) is 34.4 Å². The third-order valence-electron chi connectivity index (χ3n) is 3.88. The molecule has 0 aliphatic carbocycles. The number of ether oxygens (including phenoxy) is 5. The third-order valence-corrected chi connectivity index (χ3v) is 3.88. The van der Waals surface area contributed by atoms with Crippen LogP contribution >= 0.6 is 0 Å². The van der Waals surface area contributed by atoms with Crippen LogP contribution in [0.3, 0.4) is 0 Å². The van der Waals surface area contributed by atoms with Crippen LogP contribution in [-0.2, 0) is 23.7 Å². The van der Waals surface area contributed by atoms with Gasteiger partial charge in [0.05, 0.1) is 23.6 Å². The van der Waals surface area contributed by atoms with Crippen LogP contribution in [0.2, 0.25) is 0 Å². The van der Waals surface area contributed by atoms with Gasteiger partial charge in [-0.25, -0.2) is 4.79 Å². The topological polar surface area (TPSA) is 123 Å². The molecular weight excluding hydrogens is 398 g/mol. The molecule has 0 aromatic heterocycles. The molecule has 1 aliphatic rings. The van der Waals surface area contributed by atoms with Gasteiger partial charge in [0, 0.05) is 18.6 Å². The lowest BCUT2D eigenvalue weighted by Crippen LogP contribution is -2.47. The molecule has 1 aromatic rings. The fourth-order valence-electron chi connectivity index (χ4n) is 2.94. The number of hydrogen-bond donors (Lipinski definition) is 0. The van der Waals surface area contributed by atoms with E-state index in [0.717, 1.165) is 0 Å². The first-order valence-corrected chi connectivity index (χ1v) is 9.49. The summed E-state index contributed by atoms with van der Waals surface area (Å²) in [6.07, 6.45) is -1.56. The van der Waals surface area contributed by atoms with Gasteiger partial charge in [-0.15, -0.1) is 0 Å².